The first-order valence-electron chi connectivity index (χ1n) is 5.17. The van der Waals surface area contributed by atoms with Crippen molar-refractivity contribution in [3.63, 3.8) is 0 Å². The van der Waals surface area contributed by atoms with E-state index < -0.39 is 0 Å². The molecule has 0 saturated carbocycles. The summed E-state index contributed by atoms with van der Waals surface area (Å²) < 4.78 is 4.89. The van der Waals surface area contributed by atoms with Crippen molar-refractivity contribution >= 4 is 5.91 Å². The van der Waals surface area contributed by atoms with Crippen molar-refractivity contribution < 1.29 is 14.6 Å². The van der Waals surface area contributed by atoms with Crippen molar-refractivity contribution in [1.82, 2.24) is 10.3 Å². The van der Waals surface area contributed by atoms with E-state index in [0.29, 0.717) is 13.2 Å². The van der Waals surface area contributed by atoms with E-state index in [1.165, 1.54) is 12.3 Å². The van der Waals surface area contributed by atoms with Crippen LogP contribution in [-0.2, 0) is 4.74 Å². The van der Waals surface area contributed by atoms with E-state index in [-0.39, 0.29) is 17.4 Å². The van der Waals surface area contributed by atoms with Gasteiger partial charge in [0, 0.05) is 26.5 Å². The van der Waals surface area contributed by atoms with Gasteiger partial charge in [-0.05, 0) is 25.0 Å². The van der Waals surface area contributed by atoms with Crippen LogP contribution in [0.15, 0.2) is 18.3 Å². The standard InChI is InChI=1S/C11H16N2O3/c1-16-8-3-2-6-13-11(15)10-9(14)5-4-7-12-10/h4-5,7,14H,2-3,6,8H2,1H3,(H,13,15). The zero-order valence-corrected chi connectivity index (χ0v) is 9.27. The second-order valence-corrected chi connectivity index (χ2v) is 3.33. The summed E-state index contributed by atoms with van der Waals surface area (Å²) in [6, 6.07) is 3.01. The molecule has 0 spiro atoms. The minimum atomic E-state index is -0.351. The van der Waals surface area contributed by atoms with Gasteiger partial charge in [-0.25, -0.2) is 4.98 Å². The number of hydrogen-bond donors (Lipinski definition) is 2. The second-order valence-electron chi connectivity index (χ2n) is 3.33. The predicted octanol–water partition coefficient (Wildman–Crippen LogP) is 0.944. The van der Waals surface area contributed by atoms with Crippen LogP contribution in [0.1, 0.15) is 23.3 Å². The van der Waals surface area contributed by atoms with Gasteiger partial charge in [-0.15, -0.1) is 0 Å². The Balaban J connectivity index is 2.33. The molecule has 0 aliphatic carbocycles. The summed E-state index contributed by atoms with van der Waals surface area (Å²) in [5.74, 6) is -0.451. The highest BCUT2D eigenvalue weighted by Gasteiger charge is 2.10. The van der Waals surface area contributed by atoms with Crippen LogP contribution in [0.2, 0.25) is 0 Å². The summed E-state index contributed by atoms with van der Waals surface area (Å²) in [5.41, 5.74) is 0.0641. The molecule has 1 heterocycles. The van der Waals surface area contributed by atoms with E-state index in [1.54, 1.807) is 13.2 Å². The molecular formula is C11H16N2O3. The fraction of sp³-hybridized carbons (Fsp3) is 0.455. The highest BCUT2D eigenvalue weighted by molar-refractivity contribution is 5.94. The Morgan fingerprint density at radius 2 is 2.38 bits per heavy atom. The Morgan fingerprint density at radius 3 is 3.06 bits per heavy atom. The molecular weight excluding hydrogens is 208 g/mol. The van der Waals surface area contributed by atoms with Crippen molar-refractivity contribution in [1.29, 1.82) is 0 Å². The molecule has 0 atom stereocenters. The smallest absolute Gasteiger partial charge is 0.273 e. The Hall–Kier alpha value is -1.62. The van der Waals surface area contributed by atoms with Gasteiger partial charge in [-0.2, -0.15) is 0 Å². The average molecular weight is 224 g/mol. The molecule has 5 heteroatoms. The van der Waals surface area contributed by atoms with E-state index in [4.69, 9.17) is 4.74 Å². The monoisotopic (exact) mass is 224 g/mol. The Kier molecular flexibility index (Phi) is 5.28. The lowest BCUT2D eigenvalue weighted by molar-refractivity contribution is 0.0943. The lowest BCUT2D eigenvalue weighted by Crippen LogP contribution is -2.25. The Bertz CT molecular complexity index is 342. The number of rotatable bonds is 6. The van der Waals surface area contributed by atoms with Crippen LogP contribution in [0, 0.1) is 0 Å². The molecule has 0 fully saturated rings. The van der Waals surface area contributed by atoms with E-state index in [2.05, 4.69) is 10.3 Å². The fourth-order valence-corrected chi connectivity index (χ4v) is 1.23. The zero-order chi connectivity index (χ0) is 11.8. The molecule has 2 N–H and O–H groups in total. The first-order chi connectivity index (χ1) is 7.75. The summed E-state index contributed by atoms with van der Waals surface area (Å²) in [7, 11) is 1.64. The van der Waals surface area contributed by atoms with E-state index in [9.17, 15) is 9.90 Å². The van der Waals surface area contributed by atoms with E-state index in [0.717, 1.165) is 12.8 Å². The summed E-state index contributed by atoms with van der Waals surface area (Å²) in [5, 5.41) is 12.1. The molecule has 1 amide bonds. The molecule has 0 aromatic carbocycles. The fourth-order valence-electron chi connectivity index (χ4n) is 1.23. The van der Waals surface area contributed by atoms with Gasteiger partial charge < -0.3 is 15.2 Å². The van der Waals surface area contributed by atoms with Gasteiger partial charge in [0.15, 0.2) is 5.69 Å². The second kappa shape index (κ2) is 6.79. The maximum absolute atomic E-state index is 11.5. The van der Waals surface area contributed by atoms with Crippen molar-refractivity contribution in [3.8, 4) is 5.75 Å². The maximum Gasteiger partial charge on any atom is 0.273 e. The van der Waals surface area contributed by atoms with Crippen molar-refractivity contribution in [2.24, 2.45) is 0 Å². The quantitative estimate of drug-likeness (QED) is 0.705. The minimum absolute atomic E-state index is 0.0641. The van der Waals surface area contributed by atoms with Gasteiger partial charge in [0.1, 0.15) is 5.75 Å². The van der Waals surface area contributed by atoms with Crippen LogP contribution in [0.25, 0.3) is 0 Å². The van der Waals surface area contributed by atoms with Gasteiger partial charge >= 0.3 is 0 Å². The molecule has 0 bridgehead atoms. The molecule has 16 heavy (non-hydrogen) atoms. The van der Waals surface area contributed by atoms with Gasteiger partial charge in [0.25, 0.3) is 5.91 Å². The number of carbonyl (C=O) groups is 1. The molecule has 0 saturated heterocycles. The molecule has 0 aliphatic heterocycles. The molecule has 88 valence electrons. The third-order valence-corrected chi connectivity index (χ3v) is 2.06. The number of hydrogen-bond acceptors (Lipinski definition) is 4. The van der Waals surface area contributed by atoms with Crippen LogP contribution in [0.3, 0.4) is 0 Å². The number of nitrogens with zero attached hydrogens (tertiary/aromatic N) is 1. The molecule has 5 nitrogen and oxygen atoms in total. The summed E-state index contributed by atoms with van der Waals surface area (Å²) in [6.45, 7) is 1.24. The SMILES string of the molecule is COCCCCNC(=O)c1ncccc1O. The topological polar surface area (TPSA) is 71.5 Å². The lowest BCUT2D eigenvalue weighted by Gasteiger charge is -2.05. The third kappa shape index (κ3) is 3.86. The molecule has 0 radical (unpaired) electrons. The lowest BCUT2D eigenvalue weighted by atomic mass is 10.3. The van der Waals surface area contributed by atoms with Crippen LogP contribution >= 0.6 is 0 Å². The van der Waals surface area contributed by atoms with Crippen molar-refractivity contribution in [3.05, 3.63) is 24.0 Å². The third-order valence-electron chi connectivity index (χ3n) is 2.06. The minimum Gasteiger partial charge on any atom is -0.505 e. The predicted molar refractivity (Wildman–Crippen MR) is 59.3 cm³/mol. The number of aromatic nitrogens is 1. The summed E-state index contributed by atoms with van der Waals surface area (Å²) >= 11 is 0. The number of nitrogens with one attached hydrogen (secondary N) is 1. The van der Waals surface area contributed by atoms with Crippen molar-refractivity contribution in [2.45, 2.75) is 12.8 Å². The highest BCUT2D eigenvalue weighted by atomic mass is 16.5. The number of aromatic hydroxyl groups is 1. The Labute approximate surface area is 94.5 Å². The normalized spacial score (nSPS) is 10.1. The summed E-state index contributed by atoms with van der Waals surface area (Å²) in [6.07, 6.45) is 3.21. The van der Waals surface area contributed by atoms with Crippen LogP contribution < -0.4 is 5.32 Å². The average Bonchev–Trinajstić information content (AvgIpc) is 2.29. The van der Waals surface area contributed by atoms with Gasteiger partial charge in [-0.1, -0.05) is 0 Å². The van der Waals surface area contributed by atoms with Gasteiger partial charge in [0.2, 0.25) is 0 Å². The number of amides is 1. The molecule has 1 aromatic rings. The molecule has 1 aromatic heterocycles. The van der Waals surface area contributed by atoms with Crippen LogP contribution in [-0.4, -0.2) is 36.3 Å². The number of ether oxygens (including phenoxy) is 1. The van der Waals surface area contributed by atoms with Crippen LogP contribution in [0.4, 0.5) is 0 Å². The van der Waals surface area contributed by atoms with Crippen molar-refractivity contribution in [2.75, 3.05) is 20.3 Å². The number of methoxy groups -OCH3 is 1. The summed E-state index contributed by atoms with van der Waals surface area (Å²) in [4.78, 5) is 15.3. The first kappa shape index (κ1) is 12.4. The number of pyridine rings is 1. The first-order valence-corrected chi connectivity index (χ1v) is 5.17. The van der Waals surface area contributed by atoms with E-state index >= 15 is 0 Å². The van der Waals surface area contributed by atoms with Crippen LogP contribution in [0.5, 0.6) is 5.75 Å². The molecule has 0 aliphatic rings. The number of unbranched alkanes of at least 4 members (excludes halogenated alkanes) is 1. The Morgan fingerprint density at radius 1 is 1.56 bits per heavy atom. The van der Waals surface area contributed by atoms with Gasteiger partial charge in [-0.3, -0.25) is 4.79 Å². The largest absolute Gasteiger partial charge is 0.505 e. The van der Waals surface area contributed by atoms with Gasteiger partial charge in [0.05, 0.1) is 0 Å². The maximum atomic E-state index is 11.5. The molecule has 0 unspecified atom stereocenters. The number of carbonyl (C=O) groups excluding carboxylic acids is 1. The molecule has 1 rings (SSSR count). The zero-order valence-electron chi connectivity index (χ0n) is 9.27. The highest BCUT2D eigenvalue weighted by Crippen LogP contribution is 2.11. The van der Waals surface area contributed by atoms with E-state index in [1.807, 2.05) is 0 Å².